The molecule has 0 amide bonds. The molecule has 4 nitrogen and oxygen atoms in total. The average Bonchev–Trinajstić information content (AvgIpc) is 3.50. The predicted octanol–water partition coefficient (Wildman–Crippen LogP) is 5.94. The first-order valence-electron chi connectivity index (χ1n) is 11.9. The highest BCUT2D eigenvalue weighted by Crippen LogP contribution is 2.52. The number of rotatable bonds is 6. The van der Waals surface area contributed by atoms with Crippen molar-refractivity contribution >= 4 is 11.6 Å². The lowest BCUT2D eigenvalue weighted by molar-refractivity contribution is 0.0539. The second-order valence-electron chi connectivity index (χ2n) is 9.44. The average molecular weight is 500 g/mol. The zero-order valence-corrected chi connectivity index (χ0v) is 20.5. The number of aliphatic hydroxyl groups excluding tert-OH is 1. The Balaban J connectivity index is 1.68. The number of ether oxygens (including phenoxy) is 2. The number of hydrogen-bond donors (Lipinski definition) is 2. The largest absolute Gasteiger partial charge is 0.488 e. The lowest BCUT2D eigenvalue weighted by Gasteiger charge is -2.35. The second-order valence-corrected chi connectivity index (χ2v) is 9.81. The Morgan fingerprint density at radius 1 is 1.20 bits per heavy atom. The molecule has 0 bridgehead atoms. The molecule has 2 N–H and O–H groups in total. The third-order valence-corrected chi connectivity index (χ3v) is 7.32. The van der Waals surface area contributed by atoms with Crippen molar-refractivity contribution in [2.45, 2.75) is 50.9 Å². The molecule has 2 aliphatic heterocycles. The van der Waals surface area contributed by atoms with Gasteiger partial charge in [0.25, 0.3) is 0 Å². The first-order chi connectivity index (χ1) is 16.8. The number of aryl methyl sites for hydroxylation is 1. The summed E-state index contributed by atoms with van der Waals surface area (Å²) in [5.41, 5.74) is 1.94. The number of halogens is 3. The van der Waals surface area contributed by atoms with Gasteiger partial charge in [0.2, 0.25) is 0 Å². The minimum Gasteiger partial charge on any atom is -0.488 e. The van der Waals surface area contributed by atoms with Crippen LogP contribution in [0.4, 0.5) is 8.78 Å². The molecule has 3 aromatic carbocycles. The fraction of sp³-hybridized carbons (Fsp3) is 0.357. The van der Waals surface area contributed by atoms with Crippen molar-refractivity contribution in [3.05, 3.63) is 81.9 Å². The van der Waals surface area contributed by atoms with E-state index in [-0.39, 0.29) is 34.5 Å². The third-order valence-electron chi connectivity index (χ3n) is 6.95. The quantitative estimate of drug-likeness (QED) is 0.441. The summed E-state index contributed by atoms with van der Waals surface area (Å²) >= 11 is 6.54. The van der Waals surface area contributed by atoms with Crippen molar-refractivity contribution in [1.82, 2.24) is 5.32 Å². The van der Waals surface area contributed by atoms with Gasteiger partial charge >= 0.3 is 0 Å². The van der Waals surface area contributed by atoms with Crippen molar-refractivity contribution in [2.75, 3.05) is 13.2 Å². The fourth-order valence-electron chi connectivity index (χ4n) is 5.30. The fourth-order valence-corrected chi connectivity index (χ4v) is 5.57. The molecule has 3 aromatic rings. The molecule has 184 valence electrons. The summed E-state index contributed by atoms with van der Waals surface area (Å²) in [7, 11) is 0. The highest BCUT2D eigenvalue weighted by Gasteiger charge is 2.50. The minimum absolute atomic E-state index is 0.0126. The van der Waals surface area contributed by atoms with E-state index in [1.165, 1.54) is 12.1 Å². The summed E-state index contributed by atoms with van der Waals surface area (Å²) in [4.78, 5) is 0. The van der Waals surface area contributed by atoms with Crippen LogP contribution < -0.4 is 14.8 Å². The van der Waals surface area contributed by atoms with Crippen LogP contribution in [0.3, 0.4) is 0 Å². The number of nitrogens with one attached hydrogen (secondary N) is 1. The lowest BCUT2D eigenvalue weighted by atomic mass is 9.80. The maximum atomic E-state index is 15.8. The first-order valence-corrected chi connectivity index (χ1v) is 12.3. The number of fused-ring (bicyclic) bond motifs is 1. The molecule has 2 aliphatic rings. The van der Waals surface area contributed by atoms with E-state index in [2.05, 4.69) is 5.32 Å². The Labute approximate surface area is 208 Å². The van der Waals surface area contributed by atoms with Crippen LogP contribution in [0.1, 0.15) is 36.5 Å². The van der Waals surface area contributed by atoms with Crippen molar-refractivity contribution in [2.24, 2.45) is 0 Å². The molecule has 2 heterocycles. The van der Waals surface area contributed by atoms with Crippen LogP contribution in [0, 0.1) is 18.6 Å². The third kappa shape index (κ3) is 4.18. The van der Waals surface area contributed by atoms with Gasteiger partial charge in [0.05, 0.1) is 17.2 Å². The van der Waals surface area contributed by atoms with Crippen LogP contribution >= 0.6 is 11.6 Å². The summed E-state index contributed by atoms with van der Waals surface area (Å²) in [6.45, 7) is 4.11. The van der Waals surface area contributed by atoms with E-state index in [1.54, 1.807) is 19.9 Å². The molecule has 0 aliphatic carbocycles. The van der Waals surface area contributed by atoms with E-state index in [9.17, 15) is 5.11 Å². The molecule has 0 unspecified atom stereocenters. The Bertz CT molecular complexity index is 1240. The van der Waals surface area contributed by atoms with Crippen LogP contribution in [-0.2, 0) is 12.0 Å². The summed E-state index contributed by atoms with van der Waals surface area (Å²) in [5, 5.41) is 13.0. The summed E-state index contributed by atoms with van der Waals surface area (Å²) < 4.78 is 43.1. The molecule has 3 atom stereocenters. The normalized spacial score (nSPS) is 22.1. The van der Waals surface area contributed by atoms with Crippen LogP contribution in [0.25, 0.3) is 11.1 Å². The monoisotopic (exact) mass is 499 g/mol. The maximum Gasteiger partial charge on any atom is 0.173 e. The van der Waals surface area contributed by atoms with E-state index in [1.807, 2.05) is 30.3 Å². The zero-order valence-electron chi connectivity index (χ0n) is 19.7. The number of hydrogen-bond acceptors (Lipinski definition) is 4. The van der Waals surface area contributed by atoms with Gasteiger partial charge in [-0.3, -0.25) is 0 Å². The van der Waals surface area contributed by atoms with E-state index in [4.69, 9.17) is 21.1 Å². The molecule has 0 aromatic heterocycles. The lowest BCUT2D eigenvalue weighted by Crippen LogP contribution is -2.48. The molecule has 0 saturated carbocycles. The van der Waals surface area contributed by atoms with Gasteiger partial charge < -0.3 is 19.9 Å². The minimum atomic E-state index is -0.767. The van der Waals surface area contributed by atoms with Crippen LogP contribution in [0.5, 0.6) is 11.5 Å². The van der Waals surface area contributed by atoms with Crippen LogP contribution in [0.2, 0.25) is 5.02 Å². The van der Waals surface area contributed by atoms with E-state index >= 15 is 8.78 Å². The van der Waals surface area contributed by atoms with Crippen molar-refractivity contribution in [3.8, 4) is 22.6 Å². The summed E-state index contributed by atoms with van der Waals surface area (Å²) in [6.07, 6.45) is 1.57. The van der Waals surface area contributed by atoms with Gasteiger partial charge in [-0.15, -0.1) is 0 Å². The Kier molecular flexibility index (Phi) is 6.47. The maximum absolute atomic E-state index is 15.8. The highest BCUT2D eigenvalue weighted by atomic mass is 35.5. The predicted molar refractivity (Wildman–Crippen MR) is 132 cm³/mol. The van der Waals surface area contributed by atoms with E-state index < -0.39 is 23.3 Å². The summed E-state index contributed by atoms with van der Waals surface area (Å²) in [5.74, 6) is -0.964. The van der Waals surface area contributed by atoms with Gasteiger partial charge in [-0.25, -0.2) is 8.78 Å². The second kappa shape index (κ2) is 9.41. The van der Waals surface area contributed by atoms with Gasteiger partial charge in [0.15, 0.2) is 17.2 Å². The van der Waals surface area contributed by atoms with E-state index in [0.29, 0.717) is 23.3 Å². The Morgan fingerprint density at radius 2 is 1.97 bits per heavy atom. The standard InChI is InChI=1S/C28H28ClF2NO3/c1-16-10-11-21(34-15-17(2)33)27(31)24(16)25-19-14-28(23-9-6-12-32-23,18-7-4-3-5-8-18)35-22(19)13-20(30)26(25)29/h3-5,7-8,10-11,13,17,23,32-33H,6,9,12,14-15H2,1-2H3/t17-,23-,28-/m0/s1. The molecule has 35 heavy (non-hydrogen) atoms. The zero-order chi connectivity index (χ0) is 24.7. The molecule has 5 rings (SSSR count). The molecular formula is C28H28ClF2NO3. The molecule has 0 radical (unpaired) electrons. The first kappa shape index (κ1) is 24.0. The van der Waals surface area contributed by atoms with Gasteiger partial charge in [-0.2, -0.15) is 0 Å². The van der Waals surface area contributed by atoms with Crippen molar-refractivity contribution < 1.29 is 23.4 Å². The number of benzene rings is 3. The SMILES string of the molecule is Cc1ccc(OC[C@H](C)O)c(F)c1-c1c(Cl)c(F)cc2c1C[C@](c1ccccc1)([C@@H]1CCCN1)O2. The number of aliphatic hydroxyl groups is 1. The van der Waals surface area contributed by atoms with Crippen molar-refractivity contribution in [3.63, 3.8) is 0 Å². The van der Waals surface area contributed by atoms with Gasteiger partial charge in [-0.05, 0) is 50.4 Å². The topological polar surface area (TPSA) is 50.7 Å². The molecule has 0 spiro atoms. The Morgan fingerprint density at radius 3 is 2.66 bits per heavy atom. The Hall–Kier alpha value is -2.67. The molecule has 1 saturated heterocycles. The van der Waals surface area contributed by atoms with Crippen LogP contribution in [-0.4, -0.2) is 30.4 Å². The van der Waals surface area contributed by atoms with Gasteiger partial charge in [0.1, 0.15) is 18.2 Å². The highest BCUT2D eigenvalue weighted by molar-refractivity contribution is 6.34. The van der Waals surface area contributed by atoms with E-state index in [0.717, 1.165) is 24.9 Å². The smallest absolute Gasteiger partial charge is 0.173 e. The van der Waals surface area contributed by atoms with Gasteiger partial charge in [0, 0.05) is 29.2 Å². The molecular weight excluding hydrogens is 472 g/mol. The van der Waals surface area contributed by atoms with Gasteiger partial charge in [-0.1, -0.05) is 48.0 Å². The summed E-state index contributed by atoms with van der Waals surface area (Å²) in [6, 6.07) is 14.4. The van der Waals surface area contributed by atoms with Crippen molar-refractivity contribution in [1.29, 1.82) is 0 Å². The molecule has 1 fully saturated rings. The van der Waals surface area contributed by atoms with Crippen LogP contribution in [0.15, 0.2) is 48.5 Å². The molecule has 7 heteroatoms.